The summed E-state index contributed by atoms with van der Waals surface area (Å²) < 4.78 is 4.87. The molecule has 0 heterocycles. The Kier molecular flexibility index (Phi) is 5.06. The van der Waals surface area contributed by atoms with Gasteiger partial charge < -0.3 is 4.74 Å². The van der Waals surface area contributed by atoms with Crippen LogP contribution in [0, 0.1) is 11.3 Å². The molecule has 0 aliphatic carbocycles. The largest absolute Gasteiger partial charge is 0.466 e. The van der Waals surface area contributed by atoms with Gasteiger partial charge in [-0.15, -0.1) is 0 Å². The number of esters is 1. The summed E-state index contributed by atoms with van der Waals surface area (Å²) >= 11 is 0. The molecule has 18 heavy (non-hydrogen) atoms. The smallest absolute Gasteiger partial charge is 0.310 e. The van der Waals surface area contributed by atoms with Gasteiger partial charge in [0.15, 0.2) is 0 Å². The number of carbonyl (C=O) groups is 2. The minimum absolute atomic E-state index is 0.00445. The van der Waals surface area contributed by atoms with Gasteiger partial charge in [-0.3, -0.25) is 9.59 Å². The van der Waals surface area contributed by atoms with Crippen molar-refractivity contribution in [1.82, 2.24) is 0 Å². The Morgan fingerprint density at radius 1 is 1.28 bits per heavy atom. The van der Waals surface area contributed by atoms with Crippen molar-refractivity contribution >= 4 is 11.8 Å². The van der Waals surface area contributed by atoms with Crippen LogP contribution in [0.25, 0.3) is 0 Å². The molecule has 0 spiro atoms. The Morgan fingerprint density at radius 3 is 2.56 bits per heavy atom. The van der Waals surface area contributed by atoms with E-state index in [9.17, 15) is 9.59 Å². The Hall–Kier alpha value is -2.15. The van der Waals surface area contributed by atoms with Crippen LogP contribution in [0.4, 0.5) is 0 Å². The maximum Gasteiger partial charge on any atom is 0.310 e. The molecule has 0 unspecified atom stereocenters. The molecule has 1 aromatic rings. The molecule has 0 bridgehead atoms. The van der Waals surface area contributed by atoms with Gasteiger partial charge in [0.05, 0.1) is 24.7 Å². The van der Waals surface area contributed by atoms with Crippen LogP contribution in [-0.4, -0.2) is 18.4 Å². The van der Waals surface area contributed by atoms with E-state index >= 15 is 0 Å². The first-order valence-electron chi connectivity index (χ1n) is 5.73. The highest BCUT2D eigenvalue weighted by Gasteiger charge is 2.11. The maximum atomic E-state index is 11.4. The van der Waals surface area contributed by atoms with E-state index in [0.717, 1.165) is 11.1 Å². The zero-order valence-electron chi connectivity index (χ0n) is 10.5. The van der Waals surface area contributed by atoms with Crippen LogP contribution >= 0.6 is 0 Å². The highest BCUT2D eigenvalue weighted by atomic mass is 16.5. The Morgan fingerprint density at radius 2 is 2.00 bits per heavy atom. The summed E-state index contributed by atoms with van der Waals surface area (Å²) in [6, 6.07) is 7.01. The first-order chi connectivity index (χ1) is 8.56. The van der Waals surface area contributed by atoms with E-state index in [1.807, 2.05) is 6.07 Å². The van der Waals surface area contributed by atoms with Crippen molar-refractivity contribution in [2.45, 2.75) is 26.7 Å². The van der Waals surface area contributed by atoms with E-state index in [1.54, 1.807) is 25.1 Å². The fraction of sp³-hybridized carbons (Fsp3) is 0.357. The maximum absolute atomic E-state index is 11.4. The van der Waals surface area contributed by atoms with Crippen LogP contribution in [0.5, 0.6) is 0 Å². The summed E-state index contributed by atoms with van der Waals surface area (Å²) in [4.78, 5) is 22.6. The van der Waals surface area contributed by atoms with E-state index in [4.69, 9.17) is 10.00 Å². The SMILES string of the molecule is CCOC(=O)Cc1ccc(C#N)cc1CC(C)=O. The summed E-state index contributed by atoms with van der Waals surface area (Å²) in [7, 11) is 0. The number of nitrogens with zero attached hydrogens (tertiary/aromatic N) is 1. The summed E-state index contributed by atoms with van der Waals surface area (Å²) in [5.41, 5.74) is 1.94. The number of ether oxygens (including phenoxy) is 1. The second-order valence-electron chi connectivity index (χ2n) is 3.96. The summed E-state index contributed by atoms with van der Waals surface area (Å²) in [5.74, 6) is -0.331. The molecule has 4 heteroatoms. The number of benzene rings is 1. The third kappa shape index (κ3) is 4.02. The Balaban J connectivity index is 2.99. The molecule has 0 fully saturated rings. The van der Waals surface area contributed by atoms with Gasteiger partial charge in [-0.2, -0.15) is 5.26 Å². The number of nitriles is 1. The Labute approximate surface area is 106 Å². The second-order valence-corrected chi connectivity index (χ2v) is 3.96. The molecule has 0 saturated carbocycles. The average molecular weight is 245 g/mol. The molecule has 1 rings (SSSR count). The normalized spacial score (nSPS) is 9.61. The summed E-state index contributed by atoms with van der Waals surface area (Å²) in [6.07, 6.45) is 0.354. The number of carbonyl (C=O) groups excluding carboxylic acids is 2. The van der Waals surface area contributed by atoms with E-state index in [-0.39, 0.29) is 24.6 Å². The second kappa shape index (κ2) is 6.55. The molecule has 1 aromatic carbocycles. The minimum atomic E-state index is -0.327. The van der Waals surface area contributed by atoms with Crippen LogP contribution in [0.2, 0.25) is 0 Å². The number of Topliss-reactive ketones (excluding diaryl/α,β-unsaturated/α-hetero) is 1. The number of rotatable bonds is 5. The molecule has 0 amide bonds. The molecule has 0 N–H and O–H groups in total. The van der Waals surface area contributed by atoms with Crippen LogP contribution in [0.3, 0.4) is 0 Å². The van der Waals surface area contributed by atoms with Gasteiger partial charge in [-0.25, -0.2) is 0 Å². The summed E-state index contributed by atoms with van der Waals surface area (Å²) in [5, 5.41) is 8.83. The molecule has 0 aliphatic heterocycles. The van der Waals surface area contributed by atoms with Gasteiger partial charge in [0.2, 0.25) is 0 Å². The van der Waals surface area contributed by atoms with Gasteiger partial charge >= 0.3 is 5.97 Å². The van der Waals surface area contributed by atoms with Crippen molar-refractivity contribution in [2.24, 2.45) is 0 Å². The molecule has 0 atom stereocenters. The monoisotopic (exact) mass is 245 g/mol. The lowest BCUT2D eigenvalue weighted by Crippen LogP contribution is -2.10. The molecule has 0 aromatic heterocycles. The Bertz CT molecular complexity index is 500. The van der Waals surface area contributed by atoms with Crippen molar-refractivity contribution in [1.29, 1.82) is 5.26 Å². The highest BCUT2D eigenvalue weighted by molar-refractivity contribution is 5.80. The van der Waals surface area contributed by atoms with Gasteiger partial charge in [0, 0.05) is 6.42 Å². The standard InChI is InChI=1S/C14H15NO3/c1-3-18-14(17)8-12-5-4-11(9-15)7-13(12)6-10(2)16/h4-5,7H,3,6,8H2,1-2H3. The van der Waals surface area contributed by atoms with E-state index in [2.05, 4.69) is 0 Å². The topological polar surface area (TPSA) is 67.2 Å². The predicted molar refractivity (Wildman–Crippen MR) is 65.9 cm³/mol. The van der Waals surface area contributed by atoms with E-state index < -0.39 is 0 Å². The van der Waals surface area contributed by atoms with Crippen LogP contribution < -0.4 is 0 Å². The molecule has 4 nitrogen and oxygen atoms in total. The molecule has 0 radical (unpaired) electrons. The van der Waals surface area contributed by atoms with Crippen molar-refractivity contribution in [3.63, 3.8) is 0 Å². The number of hydrogen-bond donors (Lipinski definition) is 0. The van der Waals surface area contributed by atoms with Crippen LogP contribution in [0.1, 0.15) is 30.5 Å². The lowest BCUT2D eigenvalue weighted by atomic mass is 9.98. The third-order valence-electron chi connectivity index (χ3n) is 2.41. The van der Waals surface area contributed by atoms with Crippen molar-refractivity contribution in [2.75, 3.05) is 6.61 Å². The summed E-state index contributed by atoms with van der Waals surface area (Å²) in [6.45, 7) is 3.55. The molecule has 0 saturated heterocycles. The van der Waals surface area contributed by atoms with E-state index in [0.29, 0.717) is 12.2 Å². The average Bonchev–Trinajstić information content (AvgIpc) is 2.31. The zero-order valence-corrected chi connectivity index (χ0v) is 10.5. The van der Waals surface area contributed by atoms with Gasteiger partial charge in [0.25, 0.3) is 0 Å². The quantitative estimate of drug-likeness (QED) is 0.742. The number of hydrogen-bond acceptors (Lipinski definition) is 4. The lowest BCUT2D eigenvalue weighted by Gasteiger charge is -2.08. The molecule has 0 aliphatic rings. The first-order valence-corrected chi connectivity index (χ1v) is 5.73. The number of ketones is 1. The fourth-order valence-corrected chi connectivity index (χ4v) is 1.67. The highest BCUT2D eigenvalue weighted by Crippen LogP contribution is 2.14. The van der Waals surface area contributed by atoms with Crippen molar-refractivity contribution in [3.8, 4) is 6.07 Å². The van der Waals surface area contributed by atoms with Gasteiger partial charge in [-0.1, -0.05) is 6.07 Å². The van der Waals surface area contributed by atoms with Crippen molar-refractivity contribution < 1.29 is 14.3 Å². The van der Waals surface area contributed by atoms with Gasteiger partial charge in [-0.05, 0) is 37.1 Å². The fourth-order valence-electron chi connectivity index (χ4n) is 1.67. The first kappa shape index (κ1) is 13.9. The zero-order chi connectivity index (χ0) is 13.5. The predicted octanol–water partition coefficient (Wildman–Crippen LogP) is 1.80. The third-order valence-corrected chi connectivity index (χ3v) is 2.41. The molecular weight excluding hydrogens is 230 g/mol. The van der Waals surface area contributed by atoms with Crippen molar-refractivity contribution in [3.05, 3.63) is 34.9 Å². The van der Waals surface area contributed by atoms with Crippen LogP contribution in [0.15, 0.2) is 18.2 Å². The van der Waals surface area contributed by atoms with E-state index in [1.165, 1.54) is 6.92 Å². The molecule has 94 valence electrons. The van der Waals surface area contributed by atoms with Crippen LogP contribution in [-0.2, 0) is 27.2 Å². The minimum Gasteiger partial charge on any atom is -0.466 e. The lowest BCUT2D eigenvalue weighted by molar-refractivity contribution is -0.142. The van der Waals surface area contributed by atoms with Gasteiger partial charge in [0.1, 0.15) is 5.78 Å². The molecular formula is C14H15NO3.